The standard InChI is InChI=1S/C53H32N4O/c1-2-12-36(13-3-1)50-55-51(37-25-20-33(21-26-37)39-14-10-28-54-32-39)57-52(56-50)38-27-24-35-23-22-34-11-4-7-17-44(34)53(46(35)29-38)45-18-8-5-15-40(45)42-31-49-43(30-47(42)53)41-16-6-9-19-48(41)58-49/h1-32H. The third kappa shape index (κ3) is 4.83. The fraction of sp³-hybridized carbons (Fsp3) is 0.0189. The fourth-order valence-electron chi connectivity index (χ4n) is 9.24. The monoisotopic (exact) mass is 740 g/mol. The van der Waals surface area contributed by atoms with Gasteiger partial charge in [-0.2, -0.15) is 0 Å². The molecule has 2 aliphatic carbocycles. The van der Waals surface area contributed by atoms with Crippen molar-refractivity contribution in [2.75, 3.05) is 0 Å². The first kappa shape index (κ1) is 32.5. The number of benzene rings is 7. The second-order valence-corrected chi connectivity index (χ2v) is 15.0. The maximum Gasteiger partial charge on any atom is 0.164 e. The van der Waals surface area contributed by atoms with E-state index in [0.29, 0.717) is 17.5 Å². The highest BCUT2D eigenvalue weighted by Crippen LogP contribution is 2.59. The molecule has 2 aliphatic rings. The molecule has 0 aliphatic heterocycles. The molecule has 5 nitrogen and oxygen atoms in total. The van der Waals surface area contributed by atoms with Crippen molar-refractivity contribution in [2.45, 2.75) is 5.41 Å². The number of aromatic nitrogens is 4. The summed E-state index contributed by atoms with van der Waals surface area (Å²) in [5, 5.41) is 2.22. The first-order chi connectivity index (χ1) is 28.7. The SMILES string of the molecule is C1=Cc2ccc(-c3nc(-c4ccccc4)nc(-c4ccc(-c5cccnc5)cc4)n3)cc2C2(c3ccccc31)c1ccccc1-c1cc3oc4ccccc4c3cc12. The third-order valence-electron chi connectivity index (χ3n) is 11.9. The Kier molecular flexibility index (Phi) is 7.07. The summed E-state index contributed by atoms with van der Waals surface area (Å²) >= 11 is 0. The van der Waals surface area contributed by atoms with E-state index in [2.05, 4.69) is 157 Å². The number of hydrogen-bond acceptors (Lipinski definition) is 5. The van der Waals surface area contributed by atoms with Crippen molar-refractivity contribution in [2.24, 2.45) is 0 Å². The predicted molar refractivity (Wildman–Crippen MR) is 233 cm³/mol. The van der Waals surface area contributed by atoms with Gasteiger partial charge in [0.2, 0.25) is 0 Å². The Morgan fingerprint density at radius 3 is 1.83 bits per heavy atom. The molecule has 0 radical (unpaired) electrons. The van der Waals surface area contributed by atoms with Crippen molar-refractivity contribution < 1.29 is 4.42 Å². The lowest BCUT2D eigenvalue weighted by Gasteiger charge is -2.35. The number of fused-ring (bicyclic) bond motifs is 12. The summed E-state index contributed by atoms with van der Waals surface area (Å²) in [4.78, 5) is 19.8. The summed E-state index contributed by atoms with van der Waals surface area (Å²) in [6.45, 7) is 0. The molecular weight excluding hydrogens is 709 g/mol. The van der Waals surface area contributed by atoms with Crippen LogP contribution in [0.2, 0.25) is 0 Å². The van der Waals surface area contributed by atoms with Crippen molar-refractivity contribution in [3.05, 3.63) is 216 Å². The van der Waals surface area contributed by atoms with Crippen LogP contribution in [-0.2, 0) is 5.41 Å². The quantitative estimate of drug-likeness (QED) is 0.180. The first-order valence-electron chi connectivity index (χ1n) is 19.5. The summed E-state index contributed by atoms with van der Waals surface area (Å²) in [5.74, 6) is 1.85. The summed E-state index contributed by atoms with van der Waals surface area (Å²) in [7, 11) is 0. The second kappa shape index (κ2) is 12.6. The van der Waals surface area contributed by atoms with Crippen molar-refractivity contribution >= 4 is 34.1 Å². The molecule has 7 aromatic carbocycles. The zero-order chi connectivity index (χ0) is 38.2. The van der Waals surface area contributed by atoms with Crippen LogP contribution in [0.25, 0.3) is 90.5 Å². The number of rotatable bonds is 4. The minimum atomic E-state index is -0.649. The number of furan rings is 1. The largest absolute Gasteiger partial charge is 0.456 e. The van der Waals surface area contributed by atoms with Crippen LogP contribution in [0.4, 0.5) is 0 Å². The predicted octanol–water partition coefficient (Wildman–Crippen LogP) is 12.7. The highest BCUT2D eigenvalue weighted by atomic mass is 16.3. The molecule has 1 atom stereocenters. The first-order valence-corrected chi connectivity index (χ1v) is 19.5. The highest BCUT2D eigenvalue weighted by molar-refractivity contribution is 6.08. The molecule has 270 valence electrons. The molecule has 3 heterocycles. The van der Waals surface area contributed by atoms with Gasteiger partial charge in [0.15, 0.2) is 17.5 Å². The van der Waals surface area contributed by atoms with Crippen molar-refractivity contribution in [1.29, 1.82) is 0 Å². The Hall–Kier alpha value is -7.76. The number of pyridine rings is 1. The lowest BCUT2D eigenvalue weighted by molar-refractivity contribution is 0.668. The zero-order valence-corrected chi connectivity index (χ0v) is 31.2. The molecular formula is C53H32N4O. The maximum absolute atomic E-state index is 6.50. The Morgan fingerprint density at radius 1 is 0.379 bits per heavy atom. The summed E-state index contributed by atoms with van der Waals surface area (Å²) in [6, 6.07) is 59.9. The lowest BCUT2D eigenvalue weighted by atomic mass is 9.65. The topological polar surface area (TPSA) is 64.7 Å². The summed E-state index contributed by atoms with van der Waals surface area (Å²) < 4.78 is 6.50. The molecule has 0 amide bonds. The molecule has 0 fully saturated rings. The maximum atomic E-state index is 6.50. The van der Waals surface area contributed by atoms with Gasteiger partial charge < -0.3 is 4.42 Å². The van der Waals surface area contributed by atoms with Crippen molar-refractivity contribution in [1.82, 2.24) is 19.9 Å². The summed E-state index contributed by atoms with van der Waals surface area (Å²) in [6.07, 6.45) is 8.19. The van der Waals surface area contributed by atoms with Gasteiger partial charge in [0.25, 0.3) is 0 Å². The molecule has 0 N–H and O–H groups in total. The van der Waals surface area contributed by atoms with E-state index in [9.17, 15) is 0 Å². The van der Waals surface area contributed by atoms with Crippen LogP contribution in [-0.4, -0.2) is 19.9 Å². The molecule has 0 bridgehead atoms. The molecule has 3 aromatic heterocycles. The van der Waals surface area contributed by atoms with E-state index in [1.54, 1.807) is 6.20 Å². The molecule has 1 unspecified atom stereocenters. The Bertz CT molecular complexity index is 3280. The Morgan fingerprint density at radius 2 is 1.02 bits per heavy atom. The van der Waals surface area contributed by atoms with Gasteiger partial charge in [0.1, 0.15) is 11.2 Å². The van der Waals surface area contributed by atoms with Crippen LogP contribution < -0.4 is 0 Å². The normalized spacial score (nSPS) is 14.9. The Labute approximate surface area is 334 Å². The average molecular weight is 741 g/mol. The summed E-state index contributed by atoms with van der Waals surface area (Å²) in [5.41, 5.74) is 15.6. The van der Waals surface area contributed by atoms with Crippen LogP contribution in [0.15, 0.2) is 187 Å². The van der Waals surface area contributed by atoms with Crippen LogP contribution >= 0.6 is 0 Å². The fourth-order valence-corrected chi connectivity index (χ4v) is 9.24. The van der Waals surface area contributed by atoms with Crippen molar-refractivity contribution in [3.8, 4) is 56.4 Å². The van der Waals surface area contributed by atoms with E-state index < -0.39 is 5.41 Å². The molecule has 58 heavy (non-hydrogen) atoms. The lowest BCUT2D eigenvalue weighted by Crippen LogP contribution is -2.30. The molecule has 12 rings (SSSR count). The van der Waals surface area contributed by atoms with E-state index in [-0.39, 0.29) is 0 Å². The minimum Gasteiger partial charge on any atom is -0.456 e. The van der Waals surface area contributed by atoms with Crippen LogP contribution in [0.1, 0.15) is 33.4 Å². The second-order valence-electron chi connectivity index (χ2n) is 15.0. The van der Waals surface area contributed by atoms with Gasteiger partial charge in [0, 0.05) is 39.9 Å². The number of nitrogens with zero attached hydrogens (tertiary/aromatic N) is 4. The van der Waals surface area contributed by atoms with E-state index in [0.717, 1.165) is 55.3 Å². The average Bonchev–Trinajstić information content (AvgIpc) is 3.75. The minimum absolute atomic E-state index is 0.613. The van der Waals surface area contributed by atoms with Gasteiger partial charge >= 0.3 is 0 Å². The van der Waals surface area contributed by atoms with Gasteiger partial charge in [-0.25, -0.2) is 15.0 Å². The van der Waals surface area contributed by atoms with Gasteiger partial charge in [-0.15, -0.1) is 0 Å². The molecule has 1 spiro atoms. The smallest absolute Gasteiger partial charge is 0.164 e. The van der Waals surface area contributed by atoms with E-state index in [1.165, 1.54) is 38.9 Å². The number of para-hydroxylation sites is 1. The third-order valence-corrected chi connectivity index (χ3v) is 11.9. The van der Waals surface area contributed by atoms with Crippen molar-refractivity contribution in [3.63, 3.8) is 0 Å². The van der Waals surface area contributed by atoms with Gasteiger partial charge in [-0.1, -0.05) is 152 Å². The highest BCUT2D eigenvalue weighted by Gasteiger charge is 2.49. The van der Waals surface area contributed by atoms with Crippen LogP contribution in [0.3, 0.4) is 0 Å². The zero-order valence-electron chi connectivity index (χ0n) is 31.2. The van der Waals surface area contributed by atoms with E-state index >= 15 is 0 Å². The van der Waals surface area contributed by atoms with E-state index in [4.69, 9.17) is 19.4 Å². The molecule has 0 saturated heterocycles. The van der Waals surface area contributed by atoms with Crippen LogP contribution in [0, 0.1) is 0 Å². The number of hydrogen-bond donors (Lipinski definition) is 0. The molecule has 5 heteroatoms. The van der Waals surface area contributed by atoms with E-state index in [1.807, 2.05) is 36.5 Å². The Balaban J connectivity index is 1.11. The molecule has 0 saturated carbocycles. The van der Waals surface area contributed by atoms with Gasteiger partial charge in [0.05, 0.1) is 5.41 Å². The molecule has 10 aromatic rings. The van der Waals surface area contributed by atoms with Crippen LogP contribution in [0.5, 0.6) is 0 Å². The van der Waals surface area contributed by atoms with Gasteiger partial charge in [-0.3, -0.25) is 4.98 Å². The van der Waals surface area contributed by atoms with Gasteiger partial charge in [-0.05, 0) is 86.0 Å².